The van der Waals surface area contributed by atoms with Crippen LogP contribution in [0.3, 0.4) is 0 Å². The second-order valence-electron chi connectivity index (χ2n) is 5.50. The van der Waals surface area contributed by atoms with Gasteiger partial charge in [0.2, 0.25) is 0 Å². The molecule has 2 N–H and O–H groups in total. The average Bonchev–Trinajstić information content (AvgIpc) is 2.34. The van der Waals surface area contributed by atoms with Crippen LogP contribution < -0.4 is 5.32 Å². The van der Waals surface area contributed by atoms with Crippen molar-refractivity contribution in [2.45, 2.75) is 38.1 Å². The van der Waals surface area contributed by atoms with Gasteiger partial charge in [-0.1, -0.05) is 18.2 Å². The monoisotopic (exact) mass is 283 g/mol. The van der Waals surface area contributed by atoms with Gasteiger partial charge in [0.1, 0.15) is 0 Å². The van der Waals surface area contributed by atoms with Gasteiger partial charge in [0, 0.05) is 19.2 Å². The number of hydrogen-bond acceptors (Lipinski definition) is 3. The molecule has 1 fully saturated rings. The summed E-state index contributed by atoms with van der Waals surface area (Å²) in [7, 11) is -2.48. The second kappa shape index (κ2) is 5.37. The zero-order valence-electron chi connectivity index (χ0n) is 11.6. The highest BCUT2D eigenvalue weighted by Crippen LogP contribution is 2.49. The van der Waals surface area contributed by atoms with Gasteiger partial charge in [-0.05, 0) is 44.3 Å². The van der Waals surface area contributed by atoms with E-state index in [1.807, 2.05) is 6.08 Å². The first-order valence-corrected chi connectivity index (χ1v) is 8.16. The lowest BCUT2D eigenvalue weighted by Gasteiger charge is -2.46. The van der Waals surface area contributed by atoms with Crippen molar-refractivity contribution in [2.24, 2.45) is 0 Å². The molecule has 5 heteroatoms. The summed E-state index contributed by atoms with van der Waals surface area (Å²) in [5.74, 6) is 0. The minimum atomic E-state index is -3.70. The molecular formula is C14H22NO3P. The van der Waals surface area contributed by atoms with Crippen LogP contribution >= 0.6 is 7.60 Å². The highest BCUT2D eigenvalue weighted by Gasteiger charge is 2.38. The lowest BCUT2D eigenvalue weighted by molar-refractivity contribution is 0.181. The van der Waals surface area contributed by atoms with Crippen LogP contribution in [0.15, 0.2) is 35.2 Å². The number of hydrogen-bond donors (Lipinski definition) is 2. The van der Waals surface area contributed by atoms with Crippen LogP contribution in [0.25, 0.3) is 0 Å². The maximum atomic E-state index is 11.5. The minimum absolute atomic E-state index is 0.124. The van der Waals surface area contributed by atoms with E-state index in [2.05, 4.69) is 23.3 Å². The van der Waals surface area contributed by atoms with Gasteiger partial charge in [-0.3, -0.25) is 4.57 Å². The summed E-state index contributed by atoms with van der Waals surface area (Å²) in [5, 5.41) is 3.71. The molecule has 4 nitrogen and oxygen atoms in total. The Morgan fingerprint density at radius 1 is 1.58 bits per heavy atom. The van der Waals surface area contributed by atoms with Crippen molar-refractivity contribution >= 4 is 7.60 Å². The molecule has 1 heterocycles. The van der Waals surface area contributed by atoms with E-state index in [1.54, 1.807) is 6.08 Å². The Balaban J connectivity index is 2.05. The van der Waals surface area contributed by atoms with E-state index >= 15 is 0 Å². The number of rotatable bonds is 4. The predicted molar refractivity (Wildman–Crippen MR) is 77.0 cm³/mol. The highest BCUT2D eigenvalue weighted by atomic mass is 31.2. The summed E-state index contributed by atoms with van der Waals surface area (Å²) >= 11 is 0. The molecule has 2 aliphatic rings. The summed E-state index contributed by atoms with van der Waals surface area (Å²) < 4.78 is 16.1. The van der Waals surface area contributed by atoms with Gasteiger partial charge >= 0.3 is 7.60 Å². The SMILES string of the molecule is C=C(/C=C\C1=C(C)CC2(CCC2)NC1)P(=O)(O)OC. The van der Waals surface area contributed by atoms with E-state index < -0.39 is 7.60 Å². The lowest BCUT2D eigenvalue weighted by atomic mass is 9.70. The van der Waals surface area contributed by atoms with E-state index in [9.17, 15) is 9.46 Å². The van der Waals surface area contributed by atoms with Gasteiger partial charge in [0.05, 0.1) is 5.31 Å². The lowest BCUT2D eigenvalue weighted by Crippen LogP contribution is -2.53. The van der Waals surface area contributed by atoms with Gasteiger partial charge < -0.3 is 14.7 Å². The Kier molecular flexibility index (Phi) is 4.17. The van der Waals surface area contributed by atoms with Crippen LogP contribution in [0.4, 0.5) is 0 Å². The molecule has 0 bridgehead atoms. The molecule has 1 spiro atoms. The van der Waals surface area contributed by atoms with Crippen molar-refractivity contribution in [1.29, 1.82) is 0 Å². The zero-order chi connectivity index (χ0) is 14.1. The first-order chi connectivity index (χ1) is 8.88. The van der Waals surface area contributed by atoms with Gasteiger partial charge in [0.25, 0.3) is 0 Å². The fraction of sp³-hybridized carbons (Fsp3) is 0.571. The molecule has 1 aliphatic carbocycles. The predicted octanol–water partition coefficient (Wildman–Crippen LogP) is 3.12. The Morgan fingerprint density at radius 2 is 2.26 bits per heavy atom. The van der Waals surface area contributed by atoms with Crippen molar-refractivity contribution < 1.29 is 14.0 Å². The third-order valence-corrected chi connectivity index (χ3v) is 5.57. The standard InChI is InChI=1S/C14H22NO3P/c1-11-9-14(7-4-8-14)15-10-13(11)6-5-12(2)19(16,17)18-3/h5-6,15H,2,4,7-10H2,1,3H3,(H,16,17)/b6-5-. The van der Waals surface area contributed by atoms with Crippen molar-refractivity contribution in [1.82, 2.24) is 5.32 Å². The first-order valence-electron chi connectivity index (χ1n) is 6.58. The maximum absolute atomic E-state index is 11.5. The molecule has 1 unspecified atom stereocenters. The van der Waals surface area contributed by atoms with Crippen LogP contribution in [-0.2, 0) is 9.09 Å². The van der Waals surface area contributed by atoms with Crippen molar-refractivity contribution in [3.63, 3.8) is 0 Å². The molecule has 2 rings (SSSR count). The van der Waals surface area contributed by atoms with Crippen LogP contribution in [0.1, 0.15) is 32.6 Å². The Labute approximate surface area is 114 Å². The first kappa shape index (κ1) is 14.7. The Hall–Kier alpha value is -0.670. The Bertz CT molecular complexity index is 489. The van der Waals surface area contributed by atoms with Crippen molar-refractivity contribution in [3.8, 4) is 0 Å². The topological polar surface area (TPSA) is 58.6 Å². The minimum Gasteiger partial charge on any atom is -0.321 e. The molecule has 0 saturated heterocycles. The molecule has 1 saturated carbocycles. The summed E-state index contributed by atoms with van der Waals surface area (Å²) in [6, 6.07) is 0. The van der Waals surface area contributed by atoms with Crippen molar-refractivity contribution in [3.05, 3.63) is 35.2 Å². The molecule has 0 aromatic rings. The molecule has 0 aromatic heterocycles. The third kappa shape index (κ3) is 3.09. The summed E-state index contributed by atoms with van der Waals surface area (Å²) in [5.41, 5.74) is 2.86. The van der Waals surface area contributed by atoms with E-state index in [4.69, 9.17) is 0 Å². The van der Waals surface area contributed by atoms with E-state index in [0.717, 1.165) is 13.0 Å². The van der Waals surface area contributed by atoms with Crippen molar-refractivity contribution in [2.75, 3.05) is 13.7 Å². The largest absolute Gasteiger partial charge is 0.357 e. The molecule has 1 aliphatic heterocycles. The summed E-state index contributed by atoms with van der Waals surface area (Å²) in [6.45, 7) is 6.55. The van der Waals surface area contributed by atoms with E-state index in [-0.39, 0.29) is 5.31 Å². The molecule has 106 valence electrons. The molecule has 0 aromatic carbocycles. The number of nitrogens with one attached hydrogen (secondary N) is 1. The third-order valence-electron chi connectivity index (χ3n) is 4.20. The van der Waals surface area contributed by atoms with Gasteiger partial charge in [0.15, 0.2) is 0 Å². The van der Waals surface area contributed by atoms with Crippen LogP contribution in [0.2, 0.25) is 0 Å². The zero-order valence-corrected chi connectivity index (χ0v) is 12.5. The quantitative estimate of drug-likeness (QED) is 0.615. The molecule has 1 atom stereocenters. The highest BCUT2D eigenvalue weighted by molar-refractivity contribution is 7.57. The van der Waals surface area contributed by atoms with E-state index in [0.29, 0.717) is 5.54 Å². The molecule has 0 amide bonds. The Morgan fingerprint density at radius 3 is 2.74 bits per heavy atom. The van der Waals surface area contributed by atoms with Gasteiger partial charge in [-0.25, -0.2) is 0 Å². The fourth-order valence-electron chi connectivity index (χ4n) is 2.68. The summed E-state index contributed by atoms with van der Waals surface area (Å²) in [6.07, 6.45) is 8.35. The number of allylic oxidation sites excluding steroid dienone is 2. The van der Waals surface area contributed by atoms with Crippen LogP contribution in [0, 0.1) is 0 Å². The van der Waals surface area contributed by atoms with Crippen LogP contribution in [0.5, 0.6) is 0 Å². The molecule has 0 radical (unpaired) electrons. The fourth-order valence-corrected chi connectivity index (χ4v) is 3.18. The average molecular weight is 283 g/mol. The van der Waals surface area contributed by atoms with Crippen LogP contribution in [-0.4, -0.2) is 24.1 Å². The van der Waals surface area contributed by atoms with Gasteiger partial charge in [-0.15, -0.1) is 0 Å². The second-order valence-corrected chi connectivity index (χ2v) is 7.48. The maximum Gasteiger partial charge on any atom is 0.357 e. The normalized spacial score (nSPS) is 25.4. The van der Waals surface area contributed by atoms with Gasteiger partial charge in [-0.2, -0.15) is 0 Å². The molecular weight excluding hydrogens is 261 g/mol. The summed E-state index contributed by atoms with van der Waals surface area (Å²) in [4.78, 5) is 9.47. The smallest absolute Gasteiger partial charge is 0.321 e. The van der Waals surface area contributed by atoms with E-state index in [1.165, 1.54) is 37.5 Å². The molecule has 19 heavy (non-hydrogen) atoms.